The molecule has 54 valence electrons. The molecule has 4 N–H and O–H groups in total. The number of hydrogen-bond donors (Lipinski definition) is 3. The van der Waals surface area contributed by atoms with E-state index in [1.807, 2.05) is 13.8 Å². The third-order valence-corrected chi connectivity index (χ3v) is 0.712. The molecule has 0 unspecified atom stereocenters. The van der Waals surface area contributed by atoms with Crippen LogP contribution in [-0.2, 0) is 4.79 Å². The molecule has 4 nitrogen and oxygen atoms in total. The van der Waals surface area contributed by atoms with Crippen molar-refractivity contribution in [2.45, 2.75) is 19.9 Å². The van der Waals surface area contributed by atoms with Gasteiger partial charge in [-0.2, -0.15) is 0 Å². The largest absolute Gasteiger partial charge is 0.353 e. The van der Waals surface area contributed by atoms with E-state index in [1.165, 1.54) is 0 Å². The third kappa shape index (κ3) is 5.26. The van der Waals surface area contributed by atoms with Crippen LogP contribution in [0.25, 0.3) is 0 Å². The minimum absolute atomic E-state index is 0.0764. The zero-order chi connectivity index (χ0) is 7.28. The van der Waals surface area contributed by atoms with Crippen LogP contribution in [0.15, 0.2) is 0 Å². The van der Waals surface area contributed by atoms with Gasteiger partial charge in [0.25, 0.3) is 0 Å². The molecule has 0 bridgehead atoms. The van der Waals surface area contributed by atoms with Gasteiger partial charge in [-0.25, -0.2) is 0 Å². The van der Waals surface area contributed by atoms with E-state index >= 15 is 0 Å². The Kier molecular flexibility index (Phi) is 4.00. The topological polar surface area (TPSA) is 67.2 Å². The van der Waals surface area contributed by atoms with E-state index in [0.717, 1.165) is 0 Å². The summed E-state index contributed by atoms with van der Waals surface area (Å²) in [6.45, 7) is 3.97. The summed E-state index contributed by atoms with van der Waals surface area (Å²) in [6.07, 6.45) is 0. The predicted octanol–water partition coefficient (Wildman–Crippen LogP) is -1.03. The Morgan fingerprint density at radius 3 is 2.56 bits per heavy atom. The molecule has 0 aromatic heterocycles. The molecule has 0 heterocycles. The number of carbonyl (C=O) groups is 1. The summed E-state index contributed by atoms with van der Waals surface area (Å²) in [5.74, 6) is 4.82. The van der Waals surface area contributed by atoms with Crippen molar-refractivity contribution in [3.8, 4) is 0 Å². The fraction of sp³-hybridized carbons (Fsp3) is 0.800. The Hall–Kier alpha value is -0.610. The smallest absolute Gasteiger partial charge is 0.235 e. The van der Waals surface area contributed by atoms with Crippen LogP contribution in [0, 0.1) is 0 Å². The van der Waals surface area contributed by atoms with Gasteiger partial charge in [0.2, 0.25) is 5.91 Å². The van der Waals surface area contributed by atoms with Gasteiger partial charge in [-0.1, -0.05) is 0 Å². The van der Waals surface area contributed by atoms with Crippen molar-refractivity contribution in [2.24, 2.45) is 5.84 Å². The maximum Gasteiger partial charge on any atom is 0.235 e. The van der Waals surface area contributed by atoms with Gasteiger partial charge in [0.05, 0.1) is 6.54 Å². The van der Waals surface area contributed by atoms with Crippen LogP contribution < -0.4 is 16.6 Å². The summed E-state index contributed by atoms with van der Waals surface area (Å²) in [5.41, 5.74) is 2.26. The number of amides is 1. The molecule has 9 heavy (non-hydrogen) atoms. The van der Waals surface area contributed by atoms with Gasteiger partial charge in [0, 0.05) is 6.04 Å². The Labute approximate surface area is 54.8 Å². The molecule has 0 rings (SSSR count). The SMILES string of the molecule is CC(C)NC(=O)CNN. The molecular formula is C5H13N3O. The maximum atomic E-state index is 10.6. The van der Waals surface area contributed by atoms with Crippen molar-refractivity contribution < 1.29 is 4.79 Å². The highest BCUT2D eigenvalue weighted by molar-refractivity contribution is 5.78. The molecular weight excluding hydrogens is 118 g/mol. The Morgan fingerprint density at radius 1 is 1.67 bits per heavy atom. The fourth-order valence-electron chi connectivity index (χ4n) is 0.466. The lowest BCUT2D eigenvalue weighted by molar-refractivity contribution is -0.120. The molecule has 0 saturated heterocycles. The van der Waals surface area contributed by atoms with Crippen LogP contribution in [0.3, 0.4) is 0 Å². The highest BCUT2D eigenvalue weighted by Gasteiger charge is 1.98. The summed E-state index contributed by atoms with van der Waals surface area (Å²) < 4.78 is 0. The monoisotopic (exact) mass is 131 g/mol. The van der Waals surface area contributed by atoms with Gasteiger partial charge >= 0.3 is 0 Å². The molecule has 0 aliphatic rings. The van der Waals surface area contributed by atoms with E-state index in [9.17, 15) is 4.79 Å². The van der Waals surface area contributed by atoms with Crippen LogP contribution in [0.5, 0.6) is 0 Å². The molecule has 0 aromatic rings. The zero-order valence-corrected chi connectivity index (χ0v) is 5.77. The average Bonchev–Trinajstić information content (AvgIpc) is 1.63. The lowest BCUT2D eigenvalue weighted by atomic mass is 10.4. The zero-order valence-electron chi connectivity index (χ0n) is 5.77. The third-order valence-electron chi connectivity index (χ3n) is 0.712. The van der Waals surface area contributed by atoms with Crippen LogP contribution in [0.4, 0.5) is 0 Å². The number of hydrazine groups is 1. The second-order valence-electron chi connectivity index (χ2n) is 2.10. The Balaban J connectivity index is 3.27. The van der Waals surface area contributed by atoms with Gasteiger partial charge in [-0.05, 0) is 13.8 Å². The summed E-state index contributed by atoms with van der Waals surface area (Å²) in [5, 5.41) is 2.66. The van der Waals surface area contributed by atoms with Gasteiger partial charge in [0.1, 0.15) is 0 Å². The highest BCUT2D eigenvalue weighted by atomic mass is 16.2. The number of rotatable bonds is 3. The van der Waals surface area contributed by atoms with Crippen molar-refractivity contribution in [1.29, 1.82) is 0 Å². The van der Waals surface area contributed by atoms with E-state index in [2.05, 4.69) is 10.7 Å². The van der Waals surface area contributed by atoms with Crippen molar-refractivity contribution >= 4 is 5.91 Å². The van der Waals surface area contributed by atoms with Crippen molar-refractivity contribution in [3.05, 3.63) is 0 Å². The van der Waals surface area contributed by atoms with Gasteiger partial charge in [-0.15, -0.1) is 0 Å². The molecule has 0 radical (unpaired) electrons. The summed E-state index contributed by atoms with van der Waals surface area (Å²) >= 11 is 0. The van der Waals surface area contributed by atoms with Crippen LogP contribution in [0.1, 0.15) is 13.8 Å². The summed E-state index contributed by atoms with van der Waals surface area (Å²) in [4.78, 5) is 10.6. The van der Waals surface area contributed by atoms with Gasteiger partial charge in [0.15, 0.2) is 0 Å². The first kappa shape index (κ1) is 8.39. The standard InChI is InChI=1S/C5H13N3O/c1-4(2)8-5(9)3-7-6/h4,7H,3,6H2,1-2H3,(H,8,9). The molecule has 0 aromatic carbocycles. The minimum Gasteiger partial charge on any atom is -0.353 e. The van der Waals surface area contributed by atoms with Crippen LogP contribution in [0.2, 0.25) is 0 Å². The van der Waals surface area contributed by atoms with E-state index in [1.54, 1.807) is 0 Å². The van der Waals surface area contributed by atoms with Gasteiger partial charge in [-0.3, -0.25) is 16.1 Å². The van der Waals surface area contributed by atoms with E-state index < -0.39 is 0 Å². The summed E-state index contributed by atoms with van der Waals surface area (Å²) in [7, 11) is 0. The minimum atomic E-state index is -0.0764. The fourth-order valence-corrected chi connectivity index (χ4v) is 0.466. The van der Waals surface area contributed by atoms with Crippen LogP contribution >= 0.6 is 0 Å². The second kappa shape index (κ2) is 4.29. The highest BCUT2D eigenvalue weighted by Crippen LogP contribution is 1.73. The molecule has 0 atom stereocenters. The lowest BCUT2D eigenvalue weighted by Gasteiger charge is -2.06. The average molecular weight is 131 g/mol. The lowest BCUT2D eigenvalue weighted by Crippen LogP contribution is -2.40. The molecule has 4 heteroatoms. The van der Waals surface area contributed by atoms with Crippen molar-refractivity contribution in [2.75, 3.05) is 6.54 Å². The number of nitrogens with one attached hydrogen (secondary N) is 2. The first-order chi connectivity index (χ1) is 4.16. The maximum absolute atomic E-state index is 10.6. The predicted molar refractivity (Wildman–Crippen MR) is 35.5 cm³/mol. The Morgan fingerprint density at radius 2 is 2.22 bits per heavy atom. The first-order valence-electron chi connectivity index (χ1n) is 2.89. The molecule has 0 aliphatic carbocycles. The van der Waals surface area contributed by atoms with E-state index in [4.69, 9.17) is 5.84 Å². The Bertz CT molecular complexity index is 92.2. The second-order valence-corrected chi connectivity index (χ2v) is 2.10. The first-order valence-corrected chi connectivity index (χ1v) is 2.89. The number of carbonyl (C=O) groups excluding carboxylic acids is 1. The summed E-state index contributed by atoms with van der Waals surface area (Å²) in [6, 6.07) is 0.186. The van der Waals surface area contributed by atoms with Crippen molar-refractivity contribution in [1.82, 2.24) is 10.7 Å². The van der Waals surface area contributed by atoms with E-state index in [-0.39, 0.29) is 18.5 Å². The van der Waals surface area contributed by atoms with Gasteiger partial charge < -0.3 is 5.32 Å². The molecule has 0 fully saturated rings. The van der Waals surface area contributed by atoms with Crippen LogP contribution in [-0.4, -0.2) is 18.5 Å². The molecule has 1 amide bonds. The molecule has 0 aliphatic heterocycles. The van der Waals surface area contributed by atoms with E-state index in [0.29, 0.717) is 0 Å². The number of hydrogen-bond acceptors (Lipinski definition) is 3. The quantitative estimate of drug-likeness (QED) is 0.339. The molecule has 0 saturated carbocycles. The molecule has 0 spiro atoms. The number of nitrogens with two attached hydrogens (primary N) is 1. The van der Waals surface area contributed by atoms with Crippen molar-refractivity contribution in [3.63, 3.8) is 0 Å². The normalized spacial score (nSPS) is 9.78.